The molecule has 1 saturated heterocycles. The van der Waals surface area contributed by atoms with Crippen LogP contribution in [0.5, 0.6) is 0 Å². The molecule has 1 aliphatic heterocycles. The molecule has 20 heavy (non-hydrogen) atoms. The highest BCUT2D eigenvalue weighted by Crippen LogP contribution is 2.53. The number of carbonyl (C=O) groups is 3. The molecule has 3 aliphatic rings. The zero-order chi connectivity index (χ0) is 14.6. The molecule has 2 amide bonds. The van der Waals surface area contributed by atoms with E-state index in [1.165, 1.54) is 12.0 Å². The standard InChI is InChI=1S/C15H19NO4/c1-7(2)12(15(19)20-3)16-13(17)10-8-4-5-9(6-8)11(10)14(16)18/h4-5,7-12H,6H2,1-3H3/t8-,9+,10-,11-,12+/m0/s1. The minimum absolute atomic E-state index is 0.153. The highest BCUT2D eigenvalue weighted by Gasteiger charge is 2.61. The lowest BCUT2D eigenvalue weighted by molar-refractivity contribution is -0.159. The highest BCUT2D eigenvalue weighted by atomic mass is 16.5. The molecule has 0 spiro atoms. The minimum Gasteiger partial charge on any atom is -0.467 e. The number of nitrogens with zero attached hydrogens (tertiary/aromatic N) is 1. The van der Waals surface area contributed by atoms with E-state index in [4.69, 9.17) is 4.74 Å². The fourth-order valence-corrected chi connectivity index (χ4v) is 4.00. The fourth-order valence-electron chi connectivity index (χ4n) is 4.00. The van der Waals surface area contributed by atoms with E-state index >= 15 is 0 Å². The fraction of sp³-hybridized carbons (Fsp3) is 0.667. The molecule has 0 unspecified atom stereocenters. The quantitative estimate of drug-likeness (QED) is 0.438. The molecule has 1 heterocycles. The van der Waals surface area contributed by atoms with E-state index in [2.05, 4.69) is 0 Å². The molecule has 5 atom stereocenters. The number of imide groups is 1. The summed E-state index contributed by atoms with van der Waals surface area (Å²) in [7, 11) is 1.29. The van der Waals surface area contributed by atoms with Crippen LogP contribution in [-0.2, 0) is 19.1 Å². The van der Waals surface area contributed by atoms with Gasteiger partial charge in [-0.3, -0.25) is 14.5 Å². The Morgan fingerprint density at radius 1 is 1.20 bits per heavy atom. The number of methoxy groups -OCH3 is 1. The molecular formula is C15H19NO4. The van der Waals surface area contributed by atoms with Crippen LogP contribution in [0.2, 0.25) is 0 Å². The summed E-state index contributed by atoms with van der Waals surface area (Å²) in [5, 5.41) is 0. The predicted octanol–water partition coefficient (Wildman–Crippen LogP) is 0.991. The van der Waals surface area contributed by atoms with Crippen LogP contribution < -0.4 is 0 Å². The Morgan fingerprint density at radius 3 is 2.10 bits per heavy atom. The summed E-state index contributed by atoms with van der Waals surface area (Å²) >= 11 is 0. The maximum atomic E-state index is 12.6. The number of rotatable bonds is 3. The van der Waals surface area contributed by atoms with Crippen LogP contribution >= 0.6 is 0 Å². The van der Waals surface area contributed by atoms with Gasteiger partial charge in [-0.15, -0.1) is 0 Å². The molecule has 0 aromatic heterocycles. The summed E-state index contributed by atoms with van der Waals surface area (Å²) in [5.41, 5.74) is 0. The molecular weight excluding hydrogens is 258 g/mol. The van der Waals surface area contributed by atoms with E-state index in [9.17, 15) is 14.4 Å². The second kappa shape index (κ2) is 4.43. The van der Waals surface area contributed by atoms with Gasteiger partial charge >= 0.3 is 5.97 Å². The van der Waals surface area contributed by atoms with E-state index in [1.54, 1.807) is 0 Å². The topological polar surface area (TPSA) is 63.7 Å². The number of carbonyl (C=O) groups excluding carboxylic acids is 3. The summed E-state index contributed by atoms with van der Waals surface area (Å²) < 4.78 is 4.77. The van der Waals surface area contributed by atoms with Gasteiger partial charge in [0.25, 0.3) is 0 Å². The van der Waals surface area contributed by atoms with Crippen molar-refractivity contribution in [2.45, 2.75) is 26.3 Å². The van der Waals surface area contributed by atoms with E-state index in [0.29, 0.717) is 0 Å². The molecule has 0 radical (unpaired) electrons. The molecule has 5 nitrogen and oxygen atoms in total. The third kappa shape index (κ3) is 1.58. The number of hydrogen-bond donors (Lipinski definition) is 0. The monoisotopic (exact) mass is 277 g/mol. The first-order valence-corrected chi connectivity index (χ1v) is 7.10. The lowest BCUT2D eigenvalue weighted by atomic mass is 9.85. The third-order valence-electron chi connectivity index (χ3n) is 4.86. The number of likely N-dealkylation sites (tertiary alicyclic amines) is 1. The van der Waals surface area contributed by atoms with Gasteiger partial charge in [-0.1, -0.05) is 26.0 Å². The summed E-state index contributed by atoms with van der Waals surface area (Å²) in [4.78, 5) is 38.4. The predicted molar refractivity (Wildman–Crippen MR) is 70.2 cm³/mol. The van der Waals surface area contributed by atoms with Gasteiger partial charge < -0.3 is 4.74 Å². The second-order valence-corrected chi connectivity index (χ2v) is 6.26. The van der Waals surface area contributed by atoms with Crippen molar-refractivity contribution in [3.05, 3.63) is 12.2 Å². The number of ether oxygens (including phenoxy) is 1. The number of allylic oxidation sites excluding steroid dienone is 2. The zero-order valence-corrected chi connectivity index (χ0v) is 11.9. The lowest BCUT2D eigenvalue weighted by Crippen LogP contribution is -2.49. The van der Waals surface area contributed by atoms with Crippen molar-refractivity contribution in [3.8, 4) is 0 Å². The summed E-state index contributed by atoms with van der Waals surface area (Å²) in [6.45, 7) is 3.65. The minimum atomic E-state index is -0.801. The molecule has 108 valence electrons. The summed E-state index contributed by atoms with van der Waals surface area (Å²) in [5.74, 6) is -1.25. The average Bonchev–Trinajstić information content (AvgIpc) is 3.07. The van der Waals surface area contributed by atoms with E-state index in [-0.39, 0.29) is 41.4 Å². The van der Waals surface area contributed by atoms with E-state index < -0.39 is 12.0 Å². The van der Waals surface area contributed by atoms with Crippen LogP contribution in [0, 0.1) is 29.6 Å². The normalized spacial score (nSPS) is 35.9. The van der Waals surface area contributed by atoms with Crippen molar-refractivity contribution in [1.82, 2.24) is 4.90 Å². The van der Waals surface area contributed by atoms with E-state index in [1.807, 2.05) is 26.0 Å². The molecule has 1 saturated carbocycles. The Labute approximate surface area is 117 Å². The van der Waals surface area contributed by atoms with Gasteiger partial charge in [-0.2, -0.15) is 0 Å². The number of esters is 1. The summed E-state index contributed by atoms with van der Waals surface area (Å²) in [6.07, 6.45) is 4.98. The molecule has 5 heteroatoms. The molecule has 0 aromatic carbocycles. The Bertz CT molecular complexity index is 480. The Hall–Kier alpha value is -1.65. The highest BCUT2D eigenvalue weighted by molar-refractivity contribution is 6.09. The van der Waals surface area contributed by atoms with Crippen molar-refractivity contribution in [2.75, 3.05) is 7.11 Å². The lowest BCUT2D eigenvalue weighted by Gasteiger charge is -2.28. The van der Waals surface area contributed by atoms with Crippen LogP contribution in [0.3, 0.4) is 0 Å². The maximum Gasteiger partial charge on any atom is 0.329 e. The number of hydrogen-bond acceptors (Lipinski definition) is 4. The molecule has 0 N–H and O–H groups in total. The van der Waals surface area contributed by atoms with Crippen molar-refractivity contribution in [2.24, 2.45) is 29.6 Å². The largest absolute Gasteiger partial charge is 0.467 e. The van der Waals surface area contributed by atoms with Crippen LogP contribution in [0.25, 0.3) is 0 Å². The van der Waals surface area contributed by atoms with Crippen molar-refractivity contribution in [3.63, 3.8) is 0 Å². The van der Waals surface area contributed by atoms with Crippen LogP contribution in [0.1, 0.15) is 20.3 Å². The van der Waals surface area contributed by atoms with Gasteiger partial charge in [0, 0.05) is 0 Å². The SMILES string of the molecule is COC(=O)[C@@H](C(C)C)N1C(=O)[C@@H]2[C@@H](C1=O)[C@H]1C=C[C@@H]2C1. The van der Waals surface area contributed by atoms with Gasteiger partial charge in [0.2, 0.25) is 11.8 Å². The molecule has 2 aliphatic carbocycles. The second-order valence-electron chi connectivity index (χ2n) is 6.26. The van der Waals surface area contributed by atoms with Crippen LogP contribution in [-0.4, -0.2) is 35.8 Å². The van der Waals surface area contributed by atoms with Gasteiger partial charge in [0.05, 0.1) is 18.9 Å². The molecule has 2 bridgehead atoms. The van der Waals surface area contributed by atoms with Crippen molar-refractivity contribution >= 4 is 17.8 Å². The smallest absolute Gasteiger partial charge is 0.329 e. The first-order chi connectivity index (χ1) is 9.47. The molecule has 3 rings (SSSR count). The first kappa shape index (κ1) is 13.3. The third-order valence-corrected chi connectivity index (χ3v) is 4.86. The van der Waals surface area contributed by atoms with Gasteiger partial charge in [0.15, 0.2) is 0 Å². The number of fused-ring (bicyclic) bond motifs is 5. The Kier molecular flexibility index (Phi) is 2.96. The van der Waals surface area contributed by atoms with Gasteiger partial charge in [-0.25, -0.2) is 4.79 Å². The van der Waals surface area contributed by atoms with Gasteiger partial charge in [-0.05, 0) is 24.2 Å². The van der Waals surface area contributed by atoms with Crippen molar-refractivity contribution in [1.29, 1.82) is 0 Å². The Morgan fingerprint density at radius 2 is 1.70 bits per heavy atom. The van der Waals surface area contributed by atoms with Crippen molar-refractivity contribution < 1.29 is 19.1 Å². The molecule has 0 aromatic rings. The van der Waals surface area contributed by atoms with Gasteiger partial charge in [0.1, 0.15) is 6.04 Å². The van der Waals surface area contributed by atoms with Crippen LogP contribution in [0.4, 0.5) is 0 Å². The maximum absolute atomic E-state index is 12.6. The van der Waals surface area contributed by atoms with E-state index in [0.717, 1.165) is 6.42 Å². The molecule has 2 fully saturated rings. The number of amides is 2. The average molecular weight is 277 g/mol. The zero-order valence-electron chi connectivity index (χ0n) is 11.9. The Balaban J connectivity index is 1.94. The van der Waals surface area contributed by atoms with Crippen LogP contribution in [0.15, 0.2) is 12.2 Å². The summed E-state index contributed by atoms with van der Waals surface area (Å²) in [6, 6.07) is -0.801. The first-order valence-electron chi connectivity index (χ1n) is 7.10.